The van der Waals surface area contributed by atoms with Gasteiger partial charge in [0, 0.05) is 11.1 Å². The third-order valence-electron chi connectivity index (χ3n) is 5.50. The normalized spacial score (nSPS) is 10.5. The van der Waals surface area contributed by atoms with E-state index in [4.69, 9.17) is 19.4 Å². The van der Waals surface area contributed by atoms with E-state index in [2.05, 4.69) is 5.32 Å². The van der Waals surface area contributed by atoms with Crippen LogP contribution in [0.3, 0.4) is 0 Å². The molecule has 6 heteroatoms. The molecule has 0 radical (unpaired) electrons. The molecule has 0 saturated carbocycles. The molecule has 0 atom stereocenters. The molecule has 0 saturated heterocycles. The first kappa shape index (κ1) is 22.8. The van der Waals surface area contributed by atoms with Gasteiger partial charge in [0.05, 0.1) is 29.7 Å². The van der Waals surface area contributed by atoms with Crippen molar-refractivity contribution < 1.29 is 14.3 Å². The van der Waals surface area contributed by atoms with Gasteiger partial charge in [-0.05, 0) is 54.6 Å². The van der Waals surface area contributed by atoms with Crippen LogP contribution in [0.1, 0.15) is 10.4 Å². The fourth-order valence-corrected chi connectivity index (χ4v) is 3.73. The number of hydrogen-bond acceptors (Lipinski definition) is 6. The van der Waals surface area contributed by atoms with Gasteiger partial charge in [0.15, 0.2) is 0 Å². The molecular weight excluding hydrogens is 450 g/mol. The molecule has 0 bridgehead atoms. The summed E-state index contributed by atoms with van der Waals surface area (Å²) < 4.78 is 10.8. The highest BCUT2D eigenvalue weighted by atomic mass is 16.5. The van der Waals surface area contributed by atoms with Crippen molar-refractivity contribution in [2.45, 2.75) is 0 Å². The summed E-state index contributed by atoms with van der Waals surface area (Å²) in [5.74, 6) is 1.43. The highest BCUT2D eigenvalue weighted by molar-refractivity contribution is 5.96. The van der Waals surface area contributed by atoms with Crippen LogP contribution in [0.15, 0.2) is 115 Å². The van der Waals surface area contributed by atoms with Crippen molar-refractivity contribution in [1.29, 1.82) is 0 Å². The summed E-state index contributed by atoms with van der Waals surface area (Å²) in [6, 6.07) is 36.3. The number of ether oxygens (including phenoxy) is 2. The maximum Gasteiger partial charge on any atom is 0.339 e. The number of carbonyl (C=O) groups excluding carboxylic acids is 1. The van der Waals surface area contributed by atoms with Crippen molar-refractivity contribution in [3.05, 3.63) is 121 Å². The van der Waals surface area contributed by atoms with Gasteiger partial charge in [0.1, 0.15) is 11.5 Å². The van der Waals surface area contributed by atoms with Crippen LogP contribution in [0.25, 0.3) is 22.5 Å². The molecule has 1 aromatic heterocycles. The lowest BCUT2D eigenvalue weighted by Gasteiger charge is -2.13. The first-order chi connectivity index (χ1) is 17.7. The molecule has 0 aliphatic heterocycles. The molecular formula is C30H23N3O3. The lowest BCUT2D eigenvalue weighted by Crippen LogP contribution is -2.07. The van der Waals surface area contributed by atoms with Gasteiger partial charge in [0.25, 0.3) is 0 Å². The molecule has 0 spiro atoms. The molecule has 0 aliphatic carbocycles. The van der Waals surface area contributed by atoms with Crippen LogP contribution in [-0.2, 0) is 4.74 Å². The van der Waals surface area contributed by atoms with E-state index in [9.17, 15) is 4.79 Å². The lowest BCUT2D eigenvalue weighted by atomic mass is 10.1. The molecule has 0 unspecified atom stereocenters. The second-order valence-corrected chi connectivity index (χ2v) is 7.93. The van der Waals surface area contributed by atoms with Gasteiger partial charge in [-0.3, -0.25) is 0 Å². The molecule has 5 aromatic rings. The number of aromatic nitrogens is 2. The Labute approximate surface area is 209 Å². The number of esters is 1. The van der Waals surface area contributed by atoms with Gasteiger partial charge in [0.2, 0.25) is 5.95 Å². The van der Waals surface area contributed by atoms with Crippen molar-refractivity contribution in [3.63, 3.8) is 0 Å². The van der Waals surface area contributed by atoms with Crippen LogP contribution in [0.2, 0.25) is 0 Å². The second-order valence-electron chi connectivity index (χ2n) is 7.93. The number of anilines is 2. The van der Waals surface area contributed by atoms with E-state index in [1.165, 1.54) is 7.11 Å². The Hall–Kier alpha value is -4.97. The van der Waals surface area contributed by atoms with E-state index in [1.54, 1.807) is 18.2 Å². The Morgan fingerprint density at radius 1 is 0.667 bits per heavy atom. The zero-order valence-electron chi connectivity index (χ0n) is 19.6. The highest BCUT2D eigenvalue weighted by Crippen LogP contribution is 2.29. The summed E-state index contributed by atoms with van der Waals surface area (Å²) in [6.45, 7) is 0. The number of methoxy groups -OCH3 is 1. The van der Waals surface area contributed by atoms with Crippen LogP contribution in [0.4, 0.5) is 11.6 Å². The first-order valence-electron chi connectivity index (χ1n) is 11.4. The highest BCUT2D eigenvalue weighted by Gasteiger charge is 2.14. The van der Waals surface area contributed by atoms with Gasteiger partial charge in [-0.15, -0.1) is 0 Å². The Bertz CT molecular complexity index is 1470. The largest absolute Gasteiger partial charge is 0.465 e. The number of rotatable bonds is 7. The fraction of sp³-hybridized carbons (Fsp3) is 0.0333. The minimum atomic E-state index is -0.438. The van der Waals surface area contributed by atoms with E-state index < -0.39 is 5.97 Å². The van der Waals surface area contributed by atoms with E-state index >= 15 is 0 Å². The molecule has 4 aromatic carbocycles. The van der Waals surface area contributed by atoms with Crippen LogP contribution in [0, 0.1) is 0 Å². The summed E-state index contributed by atoms with van der Waals surface area (Å²) in [4.78, 5) is 21.7. The average molecular weight is 474 g/mol. The maximum absolute atomic E-state index is 12.2. The van der Waals surface area contributed by atoms with E-state index in [-0.39, 0.29) is 0 Å². The Kier molecular flexibility index (Phi) is 6.67. The molecule has 176 valence electrons. The Balaban J connectivity index is 1.51. The summed E-state index contributed by atoms with van der Waals surface area (Å²) >= 11 is 0. The lowest BCUT2D eigenvalue weighted by molar-refractivity contribution is 0.0602. The predicted molar refractivity (Wildman–Crippen MR) is 140 cm³/mol. The first-order valence-corrected chi connectivity index (χ1v) is 11.4. The minimum Gasteiger partial charge on any atom is -0.465 e. The van der Waals surface area contributed by atoms with E-state index in [0.717, 1.165) is 34.0 Å². The maximum atomic E-state index is 12.2. The van der Waals surface area contributed by atoms with Crippen molar-refractivity contribution in [2.75, 3.05) is 12.4 Å². The number of nitrogens with zero attached hydrogens (tertiary/aromatic N) is 2. The summed E-state index contributed by atoms with van der Waals surface area (Å²) in [6.07, 6.45) is 0. The smallest absolute Gasteiger partial charge is 0.339 e. The molecule has 0 aliphatic rings. The zero-order chi connectivity index (χ0) is 24.7. The van der Waals surface area contributed by atoms with Crippen LogP contribution in [-0.4, -0.2) is 23.0 Å². The topological polar surface area (TPSA) is 73.3 Å². The number of para-hydroxylation sites is 2. The Morgan fingerprint density at radius 3 is 1.89 bits per heavy atom. The van der Waals surface area contributed by atoms with Crippen LogP contribution in [0.5, 0.6) is 11.5 Å². The predicted octanol–water partition coefficient (Wildman–Crippen LogP) is 7.13. The van der Waals surface area contributed by atoms with Gasteiger partial charge >= 0.3 is 5.97 Å². The standard InChI is InChI=1S/C30H23N3O3/c1-35-29(34)25-14-8-9-15-26(25)31-30-32-27(21-10-4-2-5-11-21)20-28(33-30)22-16-18-24(19-17-22)36-23-12-6-3-7-13-23/h2-20H,1H3,(H,31,32,33). The average Bonchev–Trinajstić information content (AvgIpc) is 2.94. The van der Waals surface area contributed by atoms with Gasteiger partial charge < -0.3 is 14.8 Å². The number of carbonyl (C=O) groups is 1. The molecule has 0 amide bonds. The van der Waals surface area contributed by atoms with Gasteiger partial charge in [-0.2, -0.15) is 0 Å². The Morgan fingerprint density at radius 2 is 1.22 bits per heavy atom. The van der Waals surface area contributed by atoms with Crippen LogP contribution < -0.4 is 10.1 Å². The fourth-order valence-electron chi connectivity index (χ4n) is 3.73. The third kappa shape index (κ3) is 5.23. The van der Waals surface area contributed by atoms with Gasteiger partial charge in [-0.1, -0.05) is 60.7 Å². The molecule has 1 N–H and O–H groups in total. The molecule has 1 heterocycles. The number of hydrogen-bond donors (Lipinski definition) is 1. The zero-order valence-corrected chi connectivity index (χ0v) is 19.6. The number of benzene rings is 4. The summed E-state index contributed by atoms with van der Waals surface area (Å²) in [7, 11) is 1.36. The van der Waals surface area contributed by atoms with Crippen molar-refractivity contribution in [1.82, 2.24) is 9.97 Å². The van der Waals surface area contributed by atoms with E-state index in [0.29, 0.717) is 17.2 Å². The van der Waals surface area contributed by atoms with Crippen LogP contribution >= 0.6 is 0 Å². The molecule has 36 heavy (non-hydrogen) atoms. The van der Waals surface area contributed by atoms with Crippen molar-refractivity contribution in [2.24, 2.45) is 0 Å². The van der Waals surface area contributed by atoms with E-state index in [1.807, 2.05) is 97.1 Å². The molecule has 0 fully saturated rings. The van der Waals surface area contributed by atoms with Crippen molar-refractivity contribution >= 4 is 17.6 Å². The summed E-state index contributed by atoms with van der Waals surface area (Å²) in [5.41, 5.74) is 4.30. The monoisotopic (exact) mass is 473 g/mol. The minimum absolute atomic E-state index is 0.368. The molecule has 5 rings (SSSR count). The number of nitrogens with one attached hydrogen (secondary N) is 1. The van der Waals surface area contributed by atoms with Gasteiger partial charge in [-0.25, -0.2) is 14.8 Å². The summed E-state index contributed by atoms with van der Waals surface area (Å²) in [5, 5.41) is 3.20. The third-order valence-corrected chi connectivity index (χ3v) is 5.50. The SMILES string of the molecule is COC(=O)c1ccccc1Nc1nc(-c2ccccc2)cc(-c2ccc(Oc3ccccc3)cc2)n1. The molecule has 6 nitrogen and oxygen atoms in total. The second kappa shape index (κ2) is 10.5. The quantitative estimate of drug-likeness (QED) is 0.253. The van der Waals surface area contributed by atoms with Crippen molar-refractivity contribution in [3.8, 4) is 34.0 Å².